The van der Waals surface area contributed by atoms with E-state index in [1.54, 1.807) is 0 Å². The van der Waals surface area contributed by atoms with Crippen molar-refractivity contribution in [2.75, 3.05) is 18.0 Å². The van der Waals surface area contributed by atoms with Gasteiger partial charge in [0.15, 0.2) is 0 Å². The second kappa shape index (κ2) is 6.83. The Bertz CT molecular complexity index is 455. The summed E-state index contributed by atoms with van der Waals surface area (Å²) in [5, 5.41) is 0. The van der Waals surface area contributed by atoms with Gasteiger partial charge in [-0.2, -0.15) is 0 Å². The van der Waals surface area contributed by atoms with Crippen LogP contribution in [0.2, 0.25) is 0 Å². The van der Waals surface area contributed by atoms with Crippen LogP contribution in [-0.2, 0) is 0 Å². The van der Waals surface area contributed by atoms with Gasteiger partial charge in [-0.3, -0.25) is 0 Å². The second-order valence-corrected chi connectivity index (χ2v) is 7.11. The molecule has 2 nitrogen and oxygen atoms in total. The van der Waals surface area contributed by atoms with Crippen LogP contribution in [0.15, 0.2) is 24.3 Å². The van der Waals surface area contributed by atoms with Gasteiger partial charge in [-0.15, -0.1) is 0 Å². The number of hydrogen-bond donors (Lipinski definition) is 1. The molecule has 0 bridgehead atoms. The van der Waals surface area contributed by atoms with Crippen molar-refractivity contribution in [1.82, 2.24) is 0 Å². The lowest BCUT2D eigenvalue weighted by Gasteiger charge is -2.50. The first-order valence-corrected chi connectivity index (χ1v) is 8.57. The maximum Gasteiger partial charge on any atom is 0.0526 e. The van der Waals surface area contributed by atoms with Crippen LogP contribution in [0.1, 0.15) is 52.0 Å². The first kappa shape index (κ1) is 16.4. The highest BCUT2D eigenvalue weighted by atomic mass is 15.2. The molecule has 0 heterocycles. The summed E-state index contributed by atoms with van der Waals surface area (Å²) in [7, 11) is 0. The van der Waals surface area contributed by atoms with Crippen LogP contribution < -0.4 is 10.6 Å². The highest BCUT2D eigenvalue weighted by molar-refractivity contribution is 5.51. The second-order valence-electron chi connectivity index (χ2n) is 7.11. The normalized spacial score (nSPS) is 26.1. The zero-order chi connectivity index (χ0) is 15.5. The molecule has 118 valence electrons. The molecule has 0 aromatic heterocycles. The summed E-state index contributed by atoms with van der Waals surface area (Å²) >= 11 is 0. The molecule has 1 saturated carbocycles. The third-order valence-electron chi connectivity index (χ3n) is 5.38. The molecule has 2 rings (SSSR count). The number of aryl methyl sites for hydroxylation is 1. The van der Waals surface area contributed by atoms with E-state index in [4.69, 9.17) is 5.73 Å². The Balaban J connectivity index is 2.32. The van der Waals surface area contributed by atoms with Crippen LogP contribution in [0.25, 0.3) is 0 Å². The molecule has 0 radical (unpaired) electrons. The van der Waals surface area contributed by atoms with Crippen molar-refractivity contribution in [2.45, 2.75) is 58.9 Å². The SMILES string of the molecule is CCN(c1cccc(C)c1)C1(CN)CCCC(C(C)C)C1. The highest BCUT2D eigenvalue weighted by Gasteiger charge is 2.40. The fourth-order valence-corrected chi connectivity index (χ4v) is 4.08. The molecule has 1 aromatic rings. The Kier molecular flexibility index (Phi) is 5.32. The molecule has 2 heteroatoms. The van der Waals surface area contributed by atoms with E-state index in [1.165, 1.54) is 36.9 Å². The lowest BCUT2D eigenvalue weighted by Crippen LogP contribution is -2.57. The van der Waals surface area contributed by atoms with Crippen molar-refractivity contribution in [3.8, 4) is 0 Å². The van der Waals surface area contributed by atoms with E-state index in [9.17, 15) is 0 Å². The minimum Gasteiger partial charge on any atom is -0.365 e. The van der Waals surface area contributed by atoms with E-state index >= 15 is 0 Å². The molecule has 0 saturated heterocycles. The van der Waals surface area contributed by atoms with Gasteiger partial charge < -0.3 is 10.6 Å². The highest BCUT2D eigenvalue weighted by Crippen LogP contribution is 2.41. The minimum absolute atomic E-state index is 0.149. The topological polar surface area (TPSA) is 29.3 Å². The third-order valence-corrected chi connectivity index (χ3v) is 5.38. The summed E-state index contributed by atoms with van der Waals surface area (Å²) in [5.41, 5.74) is 9.13. The maximum atomic E-state index is 6.31. The zero-order valence-corrected chi connectivity index (χ0v) is 14.2. The molecule has 1 aliphatic carbocycles. The Hall–Kier alpha value is -1.02. The Labute approximate surface area is 130 Å². The summed E-state index contributed by atoms with van der Waals surface area (Å²) < 4.78 is 0. The van der Waals surface area contributed by atoms with E-state index < -0.39 is 0 Å². The standard InChI is InChI=1S/C19H32N2/c1-5-21(18-10-6-8-16(4)12-18)19(14-20)11-7-9-17(13-19)15(2)3/h6,8,10,12,15,17H,5,7,9,11,13-14,20H2,1-4H3. The quantitative estimate of drug-likeness (QED) is 0.872. The third kappa shape index (κ3) is 3.42. The van der Waals surface area contributed by atoms with E-state index in [0.29, 0.717) is 0 Å². The average molecular weight is 288 g/mol. The zero-order valence-electron chi connectivity index (χ0n) is 14.2. The molecule has 1 fully saturated rings. The summed E-state index contributed by atoms with van der Waals surface area (Å²) in [5.74, 6) is 1.56. The van der Waals surface area contributed by atoms with Gasteiger partial charge in [0.05, 0.1) is 5.54 Å². The number of hydrogen-bond acceptors (Lipinski definition) is 2. The summed E-state index contributed by atoms with van der Waals surface area (Å²) in [6, 6.07) is 8.89. The van der Waals surface area contributed by atoms with E-state index in [0.717, 1.165) is 24.9 Å². The Morgan fingerprint density at radius 3 is 2.71 bits per heavy atom. The predicted molar refractivity (Wildman–Crippen MR) is 92.8 cm³/mol. The summed E-state index contributed by atoms with van der Waals surface area (Å²) in [4.78, 5) is 2.58. The monoisotopic (exact) mass is 288 g/mol. The van der Waals surface area contributed by atoms with Crippen LogP contribution in [0.5, 0.6) is 0 Å². The molecule has 2 N–H and O–H groups in total. The average Bonchev–Trinajstić information content (AvgIpc) is 2.48. The fourth-order valence-electron chi connectivity index (χ4n) is 4.08. The van der Waals surface area contributed by atoms with Crippen LogP contribution in [-0.4, -0.2) is 18.6 Å². The van der Waals surface area contributed by atoms with Gasteiger partial charge in [-0.25, -0.2) is 0 Å². The number of anilines is 1. The van der Waals surface area contributed by atoms with Crippen LogP contribution in [0, 0.1) is 18.8 Å². The van der Waals surface area contributed by atoms with Crippen molar-refractivity contribution in [3.05, 3.63) is 29.8 Å². The molecular weight excluding hydrogens is 256 g/mol. The van der Waals surface area contributed by atoms with Crippen LogP contribution in [0.3, 0.4) is 0 Å². The lowest BCUT2D eigenvalue weighted by atomic mass is 9.70. The van der Waals surface area contributed by atoms with Crippen molar-refractivity contribution in [2.24, 2.45) is 17.6 Å². The molecular formula is C19H32N2. The summed E-state index contributed by atoms with van der Waals surface area (Å²) in [6.45, 7) is 11.0. The molecule has 0 aliphatic heterocycles. The number of benzene rings is 1. The van der Waals surface area contributed by atoms with Gasteiger partial charge in [0, 0.05) is 18.8 Å². The van der Waals surface area contributed by atoms with Crippen molar-refractivity contribution >= 4 is 5.69 Å². The van der Waals surface area contributed by atoms with Crippen molar-refractivity contribution < 1.29 is 0 Å². The van der Waals surface area contributed by atoms with Gasteiger partial charge in [-0.05, 0) is 56.2 Å². The first-order chi connectivity index (χ1) is 10.0. The van der Waals surface area contributed by atoms with Gasteiger partial charge in [0.25, 0.3) is 0 Å². The number of nitrogens with zero attached hydrogens (tertiary/aromatic N) is 1. The molecule has 1 aromatic carbocycles. The van der Waals surface area contributed by atoms with E-state index in [-0.39, 0.29) is 5.54 Å². The van der Waals surface area contributed by atoms with Crippen LogP contribution in [0.4, 0.5) is 5.69 Å². The molecule has 21 heavy (non-hydrogen) atoms. The largest absolute Gasteiger partial charge is 0.365 e. The molecule has 2 atom stereocenters. The Morgan fingerprint density at radius 2 is 2.14 bits per heavy atom. The number of rotatable bonds is 5. The van der Waals surface area contributed by atoms with Crippen LogP contribution >= 0.6 is 0 Å². The van der Waals surface area contributed by atoms with Gasteiger partial charge >= 0.3 is 0 Å². The van der Waals surface area contributed by atoms with Gasteiger partial charge in [-0.1, -0.05) is 38.8 Å². The first-order valence-electron chi connectivity index (χ1n) is 8.57. The maximum absolute atomic E-state index is 6.31. The lowest BCUT2D eigenvalue weighted by molar-refractivity contribution is 0.179. The number of nitrogens with two attached hydrogens (primary N) is 1. The smallest absolute Gasteiger partial charge is 0.0526 e. The molecule has 1 aliphatic rings. The van der Waals surface area contributed by atoms with Crippen molar-refractivity contribution in [3.63, 3.8) is 0 Å². The molecule has 0 amide bonds. The predicted octanol–water partition coefficient (Wildman–Crippen LogP) is 4.37. The number of likely N-dealkylation sites (N-methyl/N-ethyl adjacent to an activating group) is 1. The summed E-state index contributed by atoms with van der Waals surface area (Å²) in [6.07, 6.45) is 5.14. The molecule has 2 unspecified atom stereocenters. The molecule has 0 spiro atoms. The van der Waals surface area contributed by atoms with E-state index in [1.807, 2.05) is 0 Å². The minimum atomic E-state index is 0.149. The van der Waals surface area contributed by atoms with Gasteiger partial charge in [0.1, 0.15) is 0 Å². The fraction of sp³-hybridized carbons (Fsp3) is 0.684. The Morgan fingerprint density at radius 1 is 1.38 bits per heavy atom. The van der Waals surface area contributed by atoms with Gasteiger partial charge in [0.2, 0.25) is 0 Å². The van der Waals surface area contributed by atoms with E-state index in [2.05, 4.69) is 56.9 Å². The van der Waals surface area contributed by atoms with Crippen molar-refractivity contribution in [1.29, 1.82) is 0 Å².